The van der Waals surface area contributed by atoms with Gasteiger partial charge < -0.3 is 4.57 Å². The van der Waals surface area contributed by atoms with Crippen molar-refractivity contribution in [3.8, 4) is 0 Å². The van der Waals surface area contributed by atoms with Crippen LogP contribution in [0.1, 0.15) is 16.8 Å². The van der Waals surface area contributed by atoms with Gasteiger partial charge in [0.25, 0.3) is 5.91 Å². The van der Waals surface area contributed by atoms with Crippen molar-refractivity contribution >= 4 is 45.7 Å². The maximum atomic E-state index is 12.7. The Hall–Kier alpha value is -3.08. The first-order valence-electron chi connectivity index (χ1n) is 9.44. The molecular weight excluding hydrogens is 417 g/mol. The molecule has 4 nitrogen and oxygen atoms in total. The van der Waals surface area contributed by atoms with Gasteiger partial charge in [0.1, 0.15) is 6.54 Å². The van der Waals surface area contributed by atoms with Crippen LogP contribution in [-0.2, 0) is 11.3 Å². The molecule has 0 unspecified atom stereocenters. The van der Waals surface area contributed by atoms with E-state index in [2.05, 4.69) is 16.6 Å². The Morgan fingerprint density at radius 2 is 1.47 bits per heavy atom. The summed E-state index contributed by atoms with van der Waals surface area (Å²) < 4.78 is 1.98. The number of carbonyl (C=O) groups excluding carboxylic acids is 1. The summed E-state index contributed by atoms with van der Waals surface area (Å²) in [5, 5.41) is 6.80. The second-order valence-corrected chi connectivity index (χ2v) is 7.81. The van der Waals surface area contributed by atoms with Crippen LogP contribution in [0.25, 0.3) is 10.9 Å². The number of nitrogens with one attached hydrogen (secondary N) is 1. The van der Waals surface area contributed by atoms with Crippen LogP contribution in [0.3, 0.4) is 0 Å². The molecule has 30 heavy (non-hydrogen) atoms. The Morgan fingerprint density at radius 3 is 2.07 bits per heavy atom. The summed E-state index contributed by atoms with van der Waals surface area (Å²) in [7, 11) is 0. The lowest BCUT2D eigenvalue weighted by Crippen LogP contribution is -2.25. The van der Waals surface area contributed by atoms with Gasteiger partial charge in [0.15, 0.2) is 0 Å². The number of amides is 1. The largest absolute Gasteiger partial charge is 0.335 e. The van der Waals surface area contributed by atoms with Crippen molar-refractivity contribution in [2.24, 2.45) is 5.10 Å². The summed E-state index contributed by atoms with van der Waals surface area (Å²) in [5.74, 6) is -0.208. The topological polar surface area (TPSA) is 46.4 Å². The van der Waals surface area contributed by atoms with Gasteiger partial charge in [-0.1, -0.05) is 65.7 Å². The van der Waals surface area contributed by atoms with Crippen molar-refractivity contribution in [3.63, 3.8) is 0 Å². The molecule has 0 saturated heterocycles. The summed E-state index contributed by atoms with van der Waals surface area (Å²) in [6.45, 7) is 2.17. The first-order valence-corrected chi connectivity index (χ1v) is 10.2. The zero-order valence-corrected chi connectivity index (χ0v) is 17.8. The van der Waals surface area contributed by atoms with Gasteiger partial charge in [-0.15, -0.1) is 0 Å². The van der Waals surface area contributed by atoms with Gasteiger partial charge in [-0.25, -0.2) is 5.43 Å². The number of benzene rings is 3. The number of aromatic nitrogens is 1. The maximum Gasteiger partial charge on any atom is 0.260 e. The van der Waals surface area contributed by atoms with Gasteiger partial charge in [-0.3, -0.25) is 4.79 Å². The number of hydrogen-bond donors (Lipinski definition) is 1. The van der Waals surface area contributed by atoms with E-state index in [4.69, 9.17) is 23.2 Å². The number of hydrogen-bond acceptors (Lipinski definition) is 2. The monoisotopic (exact) mass is 435 g/mol. The molecule has 0 spiro atoms. The third-order valence-electron chi connectivity index (χ3n) is 4.85. The Bertz CT molecular complexity index is 1180. The highest BCUT2D eigenvalue weighted by molar-refractivity contribution is 6.31. The van der Waals surface area contributed by atoms with E-state index in [1.807, 2.05) is 60.0 Å². The van der Waals surface area contributed by atoms with E-state index in [9.17, 15) is 4.79 Å². The summed E-state index contributed by atoms with van der Waals surface area (Å²) >= 11 is 12.0. The van der Waals surface area contributed by atoms with Crippen LogP contribution in [0.5, 0.6) is 0 Å². The molecule has 0 aliphatic heterocycles. The fourth-order valence-electron chi connectivity index (χ4n) is 3.37. The third kappa shape index (κ3) is 4.40. The van der Waals surface area contributed by atoms with Gasteiger partial charge in [0.05, 0.1) is 5.71 Å². The molecule has 6 heteroatoms. The Labute approximate surface area is 184 Å². The number of carbonyl (C=O) groups is 1. The third-order valence-corrected chi connectivity index (χ3v) is 5.35. The summed E-state index contributed by atoms with van der Waals surface area (Å²) in [6, 6.07) is 24.7. The first kappa shape index (κ1) is 20.2. The second kappa shape index (κ2) is 8.74. The fourth-order valence-corrected chi connectivity index (χ4v) is 3.62. The van der Waals surface area contributed by atoms with E-state index < -0.39 is 0 Å². The molecule has 4 aromatic rings. The number of hydrazone groups is 1. The van der Waals surface area contributed by atoms with Crippen LogP contribution in [0.4, 0.5) is 0 Å². The maximum absolute atomic E-state index is 12.7. The van der Waals surface area contributed by atoms with Crippen molar-refractivity contribution < 1.29 is 4.79 Å². The lowest BCUT2D eigenvalue weighted by Gasteiger charge is -2.10. The molecule has 0 aliphatic rings. The molecule has 1 amide bonds. The molecule has 0 saturated carbocycles. The van der Waals surface area contributed by atoms with Crippen molar-refractivity contribution in [1.82, 2.24) is 9.99 Å². The van der Waals surface area contributed by atoms with Crippen LogP contribution in [0.2, 0.25) is 10.0 Å². The van der Waals surface area contributed by atoms with Crippen molar-refractivity contribution in [3.05, 3.63) is 106 Å². The second-order valence-electron chi connectivity index (χ2n) is 6.94. The van der Waals surface area contributed by atoms with Gasteiger partial charge in [0, 0.05) is 32.4 Å². The number of para-hydroxylation sites is 1. The molecule has 1 N–H and O–H groups in total. The van der Waals surface area contributed by atoms with E-state index in [1.165, 1.54) is 0 Å². The zero-order valence-electron chi connectivity index (χ0n) is 16.3. The highest BCUT2D eigenvalue weighted by atomic mass is 35.5. The van der Waals surface area contributed by atoms with E-state index in [-0.39, 0.29) is 12.5 Å². The quantitative estimate of drug-likeness (QED) is 0.311. The van der Waals surface area contributed by atoms with Crippen molar-refractivity contribution in [2.75, 3.05) is 0 Å². The summed E-state index contributed by atoms with van der Waals surface area (Å²) in [4.78, 5) is 12.7. The molecule has 1 aromatic heterocycles. The van der Waals surface area contributed by atoms with Crippen LogP contribution >= 0.6 is 23.2 Å². The van der Waals surface area contributed by atoms with Crippen molar-refractivity contribution in [1.29, 1.82) is 0 Å². The lowest BCUT2D eigenvalue weighted by atomic mass is 10.0. The van der Waals surface area contributed by atoms with Crippen LogP contribution in [0, 0.1) is 6.92 Å². The fraction of sp³-hybridized carbons (Fsp3) is 0.0833. The Balaban J connectivity index is 1.61. The predicted octanol–water partition coefficient (Wildman–Crippen LogP) is 5.83. The normalized spacial score (nSPS) is 10.8. The van der Waals surface area contributed by atoms with E-state index in [1.54, 1.807) is 24.3 Å². The number of aryl methyl sites for hydroxylation is 1. The highest BCUT2D eigenvalue weighted by Crippen LogP contribution is 2.19. The first-order chi connectivity index (χ1) is 14.5. The molecule has 0 bridgehead atoms. The Morgan fingerprint density at radius 1 is 0.900 bits per heavy atom. The molecule has 4 rings (SSSR count). The Kier molecular flexibility index (Phi) is 5.88. The molecule has 0 fully saturated rings. The summed E-state index contributed by atoms with van der Waals surface area (Å²) in [6.07, 6.45) is 0. The van der Waals surface area contributed by atoms with E-state index in [0.29, 0.717) is 15.8 Å². The average Bonchev–Trinajstić information content (AvgIpc) is 3.06. The SMILES string of the molecule is Cc1cc2ccccc2n1CC(=O)NN=C(c1ccc(Cl)cc1)c1ccc(Cl)cc1. The van der Waals surface area contributed by atoms with Crippen LogP contribution in [0.15, 0.2) is 84.0 Å². The van der Waals surface area contributed by atoms with Gasteiger partial charge >= 0.3 is 0 Å². The van der Waals surface area contributed by atoms with Crippen molar-refractivity contribution in [2.45, 2.75) is 13.5 Å². The minimum atomic E-state index is -0.208. The average molecular weight is 436 g/mol. The number of nitrogens with zero attached hydrogens (tertiary/aromatic N) is 2. The minimum absolute atomic E-state index is 0.178. The molecule has 0 radical (unpaired) electrons. The van der Waals surface area contributed by atoms with Gasteiger partial charge in [-0.2, -0.15) is 5.10 Å². The number of rotatable bonds is 5. The number of fused-ring (bicyclic) bond motifs is 1. The lowest BCUT2D eigenvalue weighted by molar-refractivity contribution is -0.121. The van der Waals surface area contributed by atoms with Gasteiger partial charge in [0.2, 0.25) is 0 Å². The smallest absolute Gasteiger partial charge is 0.260 e. The standard InChI is InChI=1S/C24H19Cl2N3O/c1-16-14-19-4-2-3-5-22(19)29(16)15-23(30)27-28-24(17-6-10-20(25)11-7-17)18-8-12-21(26)13-9-18/h2-14H,15H2,1H3,(H,27,30). The highest BCUT2D eigenvalue weighted by Gasteiger charge is 2.11. The molecule has 1 heterocycles. The van der Waals surface area contributed by atoms with Gasteiger partial charge in [-0.05, 0) is 48.7 Å². The van der Waals surface area contributed by atoms with E-state index in [0.717, 1.165) is 27.7 Å². The molecule has 0 aliphatic carbocycles. The molecule has 0 atom stereocenters. The number of halogens is 2. The van der Waals surface area contributed by atoms with Crippen LogP contribution < -0.4 is 5.43 Å². The minimum Gasteiger partial charge on any atom is -0.335 e. The molecule has 3 aromatic carbocycles. The molecular formula is C24H19Cl2N3O. The van der Waals surface area contributed by atoms with E-state index >= 15 is 0 Å². The van der Waals surface area contributed by atoms with Crippen LogP contribution in [-0.4, -0.2) is 16.2 Å². The molecule has 150 valence electrons. The zero-order chi connectivity index (χ0) is 21.1. The predicted molar refractivity (Wildman–Crippen MR) is 123 cm³/mol. The summed E-state index contributed by atoms with van der Waals surface area (Å²) in [5.41, 5.74) is 7.04.